The van der Waals surface area contributed by atoms with Crippen molar-refractivity contribution in [1.29, 1.82) is 0 Å². The van der Waals surface area contributed by atoms with Crippen LogP contribution in [0.4, 0.5) is 4.39 Å². The van der Waals surface area contributed by atoms with Gasteiger partial charge in [-0.25, -0.2) is 4.39 Å². The lowest BCUT2D eigenvalue weighted by molar-refractivity contribution is -0.162. The average molecular weight is 398 g/mol. The maximum Gasteiger partial charge on any atom is 0.235 e. The maximum absolute atomic E-state index is 13.2. The van der Waals surface area contributed by atoms with Crippen LogP contribution in [-0.2, 0) is 20.9 Å². The molecule has 1 amide bonds. The largest absolute Gasteiger partial charge is 0.338 e. The molecule has 2 heterocycles. The summed E-state index contributed by atoms with van der Waals surface area (Å²) in [6.45, 7) is 10.8. The number of ketones is 2. The second-order valence-electron chi connectivity index (χ2n) is 7.80. The second-order valence-corrected chi connectivity index (χ2v) is 7.80. The van der Waals surface area contributed by atoms with Gasteiger partial charge in [-0.2, -0.15) is 0 Å². The number of likely N-dealkylation sites (tertiary alicyclic amines) is 2. The van der Waals surface area contributed by atoms with Gasteiger partial charge in [-0.1, -0.05) is 31.2 Å². The first-order valence-corrected chi connectivity index (χ1v) is 9.99. The molecule has 0 aliphatic carbocycles. The van der Waals surface area contributed by atoms with E-state index in [1.165, 1.54) is 12.1 Å². The summed E-state index contributed by atoms with van der Waals surface area (Å²) in [6.07, 6.45) is 4.73. The first-order valence-electron chi connectivity index (χ1n) is 9.99. The molecule has 2 fully saturated rings. The molecule has 4 unspecified atom stereocenters. The smallest absolute Gasteiger partial charge is 0.235 e. The number of fused-ring (bicyclic) bond motifs is 1. The predicted molar refractivity (Wildman–Crippen MR) is 108 cm³/mol. The van der Waals surface area contributed by atoms with E-state index in [1.54, 1.807) is 29.2 Å². The number of halogens is 1. The Morgan fingerprint density at radius 2 is 1.86 bits per heavy atom. The molecule has 29 heavy (non-hydrogen) atoms. The Balaban J connectivity index is 1.86. The average Bonchev–Trinajstić information content (AvgIpc) is 2.72. The van der Waals surface area contributed by atoms with E-state index in [4.69, 9.17) is 0 Å². The zero-order valence-corrected chi connectivity index (χ0v) is 16.7. The quantitative estimate of drug-likeness (QED) is 0.403. The summed E-state index contributed by atoms with van der Waals surface area (Å²) in [5.74, 6) is -2.94. The molecule has 2 aliphatic rings. The summed E-state index contributed by atoms with van der Waals surface area (Å²) in [5.41, 5.74) is 0.787. The molecule has 0 N–H and O–H groups in total. The van der Waals surface area contributed by atoms with E-state index in [1.807, 2.05) is 11.8 Å². The fourth-order valence-electron chi connectivity index (χ4n) is 4.41. The van der Waals surface area contributed by atoms with Gasteiger partial charge in [0.05, 0.1) is 6.04 Å². The number of nitrogens with zero attached hydrogens (tertiary/aromatic N) is 2. The number of rotatable bonds is 7. The zero-order chi connectivity index (χ0) is 21.1. The van der Waals surface area contributed by atoms with Crippen molar-refractivity contribution in [3.63, 3.8) is 0 Å². The fraction of sp³-hybridized carbons (Fsp3) is 0.435. The number of amides is 1. The lowest BCUT2D eigenvalue weighted by Gasteiger charge is -2.49. The third-order valence-electron chi connectivity index (χ3n) is 5.98. The van der Waals surface area contributed by atoms with Gasteiger partial charge in [0.25, 0.3) is 0 Å². The van der Waals surface area contributed by atoms with Crippen LogP contribution >= 0.6 is 0 Å². The van der Waals surface area contributed by atoms with Crippen LogP contribution in [0.3, 0.4) is 0 Å². The van der Waals surface area contributed by atoms with Crippen LogP contribution in [0.5, 0.6) is 0 Å². The SMILES string of the molecule is C=CCCN1C2CCN(Cc3ccc(F)cc3)C(=O)C2C(=O)C(=O)C1C(C)C=C. The van der Waals surface area contributed by atoms with Gasteiger partial charge in [-0.05, 0) is 36.5 Å². The lowest BCUT2D eigenvalue weighted by atomic mass is 9.75. The molecule has 0 bridgehead atoms. The van der Waals surface area contributed by atoms with Crippen molar-refractivity contribution in [2.45, 2.75) is 38.4 Å². The van der Waals surface area contributed by atoms with Gasteiger partial charge < -0.3 is 4.90 Å². The molecule has 1 aromatic carbocycles. The highest BCUT2D eigenvalue weighted by Gasteiger charge is 2.54. The lowest BCUT2D eigenvalue weighted by Crippen LogP contribution is -2.67. The summed E-state index contributed by atoms with van der Waals surface area (Å²) in [4.78, 5) is 42.6. The molecule has 0 aromatic heterocycles. The van der Waals surface area contributed by atoms with Crippen molar-refractivity contribution in [1.82, 2.24) is 9.80 Å². The van der Waals surface area contributed by atoms with Gasteiger partial charge in [0, 0.05) is 25.7 Å². The molecule has 154 valence electrons. The van der Waals surface area contributed by atoms with Gasteiger partial charge in [0.1, 0.15) is 11.7 Å². The molecule has 0 saturated carbocycles. The van der Waals surface area contributed by atoms with Crippen molar-refractivity contribution >= 4 is 17.5 Å². The highest BCUT2D eigenvalue weighted by molar-refractivity contribution is 6.44. The number of hydrogen-bond donors (Lipinski definition) is 0. The van der Waals surface area contributed by atoms with Crippen molar-refractivity contribution in [2.24, 2.45) is 11.8 Å². The molecule has 5 nitrogen and oxygen atoms in total. The van der Waals surface area contributed by atoms with Crippen molar-refractivity contribution in [2.75, 3.05) is 13.1 Å². The third kappa shape index (κ3) is 4.08. The van der Waals surface area contributed by atoms with Crippen LogP contribution in [-0.4, -0.2) is 52.4 Å². The number of hydrogen-bond acceptors (Lipinski definition) is 4. The molecule has 3 rings (SSSR count). The normalized spacial score (nSPS) is 26.2. The van der Waals surface area contributed by atoms with Crippen LogP contribution < -0.4 is 0 Å². The Morgan fingerprint density at radius 3 is 2.48 bits per heavy atom. The number of benzene rings is 1. The van der Waals surface area contributed by atoms with Gasteiger partial charge >= 0.3 is 0 Å². The molecule has 1 aromatic rings. The summed E-state index contributed by atoms with van der Waals surface area (Å²) in [5, 5.41) is 0. The molecule has 0 radical (unpaired) electrons. The highest BCUT2D eigenvalue weighted by atomic mass is 19.1. The number of carbonyl (C=O) groups is 3. The van der Waals surface area contributed by atoms with Gasteiger partial charge in [0.2, 0.25) is 17.5 Å². The standard InChI is InChI=1S/C23H27FN2O3/c1-4-6-12-26-18-11-13-25(14-16-7-9-17(24)10-8-16)23(29)19(18)21(27)22(28)20(26)15(3)5-2/h4-5,7-10,15,18-20H,1-2,6,11-14H2,3H3. The van der Waals surface area contributed by atoms with E-state index < -0.39 is 23.5 Å². The Bertz CT molecular complexity index is 820. The van der Waals surface area contributed by atoms with Crippen molar-refractivity contribution in [3.8, 4) is 0 Å². The molecular formula is C23H27FN2O3. The Labute approximate surface area is 170 Å². The maximum atomic E-state index is 13.2. The summed E-state index contributed by atoms with van der Waals surface area (Å²) in [6, 6.07) is 5.06. The van der Waals surface area contributed by atoms with Gasteiger partial charge in [0.15, 0.2) is 0 Å². The van der Waals surface area contributed by atoms with Crippen LogP contribution in [0, 0.1) is 17.7 Å². The van der Waals surface area contributed by atoms with E-state index in [-0.39, 0.29) is 23.7 Å². The predicted octanol–water partition coefficient (Wildman–Crippen LogP) is 2.76. The van der Waals surface area contributed by atoms with E-state index in [2.05, 4.69) is 13.2 Å². The van der Waals surface area contributed by atoms with Crippen LogP contribution in [0.1, 0.15) is 25.3 Å². The van der Waals surface area contributed by atoms with E-state index in [0.29, 0.717) is 32.5 Å². The van der Waals surface area contributed by atoms with Crippen LogP contribution in [0.25, 0.3) is 0 Å². The minimum atomic E-state index is -0.977. The van der Waals surface area contributed by atoms with Gasteiger partial charge in [-0.15, -0.1) is 13.2 Å². The Morgan fingerprint density at radius 1 is 1.17 bits per heavy atom. The Kier molecular flexibility index (Phi) is 6.42. The first kappa shape index (κ1) is 21.1. The van der Waals surface area contributed by atoms with Gasteiger partial charge in [-0.3, -0.25) is 19.3 Å². The van der Waals surface area contributed by atoms with E-state index in [0.717, 1.165) is 5.56 Å². The second kappa shape index (κ2) is 8.82. The molecular weight excluding hydrogens is 371 g/mol. The summed E-state index contributed by atoms with van der Waals surface area (Å²) < 4.78 is 13.2. The molecule has 2 aliphatic heterocycles. The number of carbonyl (C=O) groups excluding carboxylic acids is 3. The van der Waals surface area contributed by atoms with E-state index in [9.17, 15) is 18.8 Å². The van der Waals surface area contributed by atoms with Crippen molar-refractivity contribution < 1.29 is 18.8 Å². The topological polar surface area (TPSA) is 57.7 Å². The molecule has 6 heteroatoms. The first-order chi connectivity index (χ1) is 13.9. The third-order valence-corrected chi connectivity index (χ3v) is 5.98. The minimum absolute atomic E-state index is 0.190. The molecule has 0 spiro atoms. The minimum Gasteiger partial charge on any atom is -0.338 e. The summed E-state index contributed by atoms with van der Waals surface area (Å²) >= 11 is 0. The molecule has 2 saturated heterocycles. The number of Topliss-reactive ketones (excluding diaryl/α,β-unsaturated/α-hetero) is 2. The summed E-state index contributed by atoms with van der Waals surface area (Å²) in [7, 11) is 0. The molecule has 4 atom stereocenters. The fourth-order valence-corrected chi connectivity index (χ4v) is 4.41. The highest BCUT2D eigenvalue weighted by Crippen LogP contribution is 2.34. The monoisotopic (exact) mass is 398 g/mol. The van der Waals surface area contributed by atoms with Crippen LogP contribution in [0.2, 0.25) is 0 Å². The Hall–Kier alpha value is -2.60. The van der Waals surface area contributed by atoms with E-state index >= 15 is 0 Å². The van der Waals surface area contributed by atoms with Crippen molar-refractivity contribution in [3.05, 3.63) is 61.0 Å². The zero-order valence-electron chi connectivity index (χ0n) is 16.7. The van der Waals surface area contributed by atoms with Crippen LogP contribution in [0.15, 0.2) is 49.6 Å². The number of piperidine rings is 2.